The summed E-state index contributed by atoms with van der Waals surface area (Å²) in [6.45, 7) is 3.11. The van der Waals surface area contributed by atoms with Gasteiger partial charge in [-0.3, -0.25) is 4.79 Å². The molecule has 19 heavy (non-hydrogen) atoms. The van der Waals surface area contributed by atoms with Crippen molar-refractivity contribution in [3.8, 4) is 5.75 Å². The Hall–Kier alpha value is -2.30. The van der Waals surface area contributed by atoms with Gasteiger partial charge in [0.05, 0.1) is 13.7 Å². The van der Waals surface area contributed by atoms with E-state index in [1.165, 1.54) is 13.0 Å². The summed E-state index contributed by atoms with van der Waals surface area (Å²) in [6, 6.07) is 6.95. The van der Waals surface area contributed by atoms with Gasteiger partial charge in [-0.2, -0.15) is 0 Å². The maximum Gasteiger partial charge on any atom is 0.374 e. The van der Waals surface area contributed by atoms with Gasteiger partial charge in [0.2, 0.25) is 5.76 Å². The van der Waals surface area contributed by atoms with Gasteiger partial charge in [0.15, 0.2) is 0 Å². The third-order valence-electron chi connectivity index (χ3n) is 2.14. The molecule has 0 radical (unpaired) electrons. The summed E-state index contributed by atoms with van der Waals surface area (Å²) in [7, 11) is 1.56. The zero-order valence-electron chi connectivity index (χ0n) is 11.1. The van der Waals surface area contributed by atoms with E-state index in [4.69, 9.17) is 14.2 Å². The van der Waals surface area contributed by atoms with E-state index >= 15 is 0 Å². The summed E-state index contributed by atoms with van der Waals surface area (Å²) < 4.78 is 14.7. The lowest BCUT2D eigenvalue weighted by Gasteiger charge is -2.06. The van der Waals surface area contributed by atoms with E-state index in [0.29, 0.717) is 11.3 Å². The number of benzene rings is 1. The summed E-state index contributed by atoms with van der Waals surface area (Å²) in [4.78, 5) is 22.6. The molecule has 0 bridgehead atoms. The molecule has 0 amide bonds. The van der Waals surface area contributed by atoms with E-state index in [1.807, 2.05) is 0 Å². The predicted molar refractivity (Wildman–Crippen MR) is 69.4 cm³/mol. The molecule has 1 rings (SSSR count). The van der Waals surface area contributed by atoms with Crippen molar-refractivity contribution in [2.45, 2.75) is 13.8 Å². The van der Waals surface area contributed by atoms with Crippen LogP contribution in [0.5, 0.6) is 5.75 Å². The monoisotopic (exact) mass is 264 g/mol. The summed E-state index contributed by atoms with van der Waals surface area (Å²) in [5.41, 5.74) is 0.699. The Kier molecular flexibility index (Phi) is 5.60. The first-order valence-electron chi connectivity index (χ1n) is 5.78. The minimum atomic E-state index is -0.673. The van der Waals surface area contributed by atoms with Gasteiger partial charge < -0.3 is 14.2 Å². The van der Waals surface area contributed by atoms with Crippen molar-refractivity contribution in [2.24, 2.45) is 0 Å². The zero-order chi connectivity index (χ0) is 14.3. The lowest BCUT2D eigenvalue weighted by molar-refractivity contribution is -0.149. The number of carbonyl (C=O) groups excluding carboxylic acids is 2. The Balaban J connectivity index is 2.96. The molecule has 0 saturated heterocycles. The van der Waals surface area contributed by atoms with E-state index in [1.54, 1.807) is 38.3 Å². The van der Waals surface area contributed by atoms with Crippen molar-refractivity contribution in [3.63, 3.8) is 0 Å². The van der Waals surface area contributed by atoms with E-state index in [2.05, 4.69) is 0 Å². The number of methoxy groups -OCH3 is 1. The molecule has 0 saturated carbocycles. The van der Waals surface area contributed by atoms with Gasteiger partial charge in [0.25, 0.3) is 0 Å². The fraction of sp³-hybridized carbons (Fsp3) is 0.286. The summed E-state index contributed by atoms with van der Waals surface area (Å²) in [5.74, 6) is -0.692. The van der Waals surface area contributed by atoms with Crippen LogP contribution in [0.15, 0.2) is 30.0 Å². The molecule has 102 valence electrons. The first-order valence-corrected chi connectivity index (χ1v) is 5.78. The molecule has 0 aliphatic heterocycles. The molecule has 5 heteroatoms. The SMILES string of the molecule is CCOC(=O)C(=Cc1ccc(OC)cc1)OC(C)=O. The molecule has 0 unspecified atom stereocenters. The molecule has 5 nitrogen and oxygen atoms in total. The lowest BCUT2D eigenvalue weighted by Crippen LogP contribution is -2.12. The van der Waals surface area contributed by atoms with Crippen LogP contribution in [0.3, 0.4) is 0 Å². The largest absolute Gasteiger partial charge is 0.497 e. The fourth-order valence-corrected chi connectivity index (χ4v) is 1.34. The van der Waals surface area contributed by atoms with E-state index in [0.717, 1.165) is 0 Å². The number of hydrogen-bond acceptors (Lipinski definition) is 5. The van der Waals surface area contributed by atoms with Crippen LogP contribution in [0.4, 0.5) is 0 Å². The Morgan fingerprint density at radius 2 is 1.84 bits per heavy atom. The van der Waals surface area contributed by atoms with Crippen molar-refractivity contribution >= 4 is 18.0 Å². The van der Waals surface area contributed by atoms with Crippen LogP contribution < -0.4 is 4.74 Å². The Morgan fingerprint density at radius 3 is 2.32 bits per heavy atom. The lowest BCUT2D eigenvalue weighted by atomic mass is 10.2. The first kappa shape index (κ1) is 14.8. The molecule has 1 aromatic carbocycles. The zero-order valence-corrected chi connectivity index (χ0v) is 11.1. The molecule has 0 aliphatic carbocycles. The van der Waals surface area contributed by atoms with Gasteiger partial charge in [0.1, 0.15) is 5.75 Å². The maximum absolute atomic E-state index is 11.6. The summed E-state index contributed by atoms with van der Waals surface area (Å²) >= 11 is 0. The fourth-order valence-electron chi connectivity index (χ4n) is 1.34. The van der Waals surface area contributed by atoms with Gasteiger partial charge in [-0.1, -0.05) is 12.1 Å². The minimum absolute atomic E-state index is 0.139. The van der Waals surface area contributed by atoms with E-state index < -0.39 is 11.9 Å². The van der Waals surface area contributed by atoms with Crippen molar-refractivity contribution in [3.05, 3.63) is 35.6 Å². The number of esters is 2. The third-order valence-corrected chi connectivity index (χ3v) is 2.14. The van der Waals surface area contributed by atoms with Crippen LogP contribution >= 0.6 is 0 Å². The van der Waals surface area contributed by atoms with Crippen LogP contribution in [0.1, 0.15) is 19.4 Å². The third kappa shape index (κ3) is 4.83. The first-order chi connectivity index (χ1) is 9.06. The number of rotatable bonds is 5. The number of carbonyl (C=O) groups is 2. The van der Waals surface area contributed by atoms with Crippen LogP contribution in [0.25, 0.3) is 6.08 Å². The smallest absolute Gasteiger partial charge is 0.374 e. The van der Waals surface area contributed by atoms with Crippen LogP contribution in [-0.2, 0) is 19.1 Å². The standard InChI is InChI=1S/C14H16O5/c1-4-18-14(16)13(19-10(2)15)9-11-5-7-12(17-3)8-6-11/h5-9H,4H2,1-3H3. The van der Waals surface area contributed by atoms with Gasteiger partial charge in [0, 0.05) is 6.92 Å². The van der Waals surface area contributed by atoms with Gasteiger partial charge >= 0.3 is 11.9 Å². The van der Waals surface area contributed by atoms with Crippen LogP contribution in [0.2, 0.25) is 0 Å². The summed E-state index contributed by atoms with van der Waals surface area (Å²) in [6.07, 6.45) is 1.44. The molecule has 0 N–H and O–H groups in total. The highest BCUT2D eigenvalue weighted by Gasteiger charge is 2.14. The van der Waals surface area contributed by atoms with Crippen molar-refractivity contribution in [1.29, 1.82) is 0 Å². The average molecular weight is 264 g/mol. The minimum Gasteiger partial charge on any atom is -0.497 e. The highest BCUT2D eigenvalue weighted by atomic mass is 16.6. The molecule has 1 aromatic rings. The number of ether oxygens (including phenoxy) is 3. The van der Waals surface area contributed by atoms with Gasteiger partial charge in [-0.25, -0.2) is 4.79 Å². The summed E-state index contributed by atoms with van der Waals surface area (Å²) in [5, 5.41) is 0. The Bertz CT molecular complexity index is 473. The normalized spacial score (nSPS) is 10.8. The molecule has 0 spiro atoms. The molecule has 0 aliphatic rings. The van der Waals surface area contributed by atoms with Gasteiger partial charge in [-0.05, 0) is 30.7 Å². The number of hydrogen-bond donors (Lipinski definition) is 0. The molecule has 0 atom stereocenters. The van der Waals surface area contributed by atoms with Crippen LogP contribution in [-0.4, -0.2) is 25.7 Å². The van der Waals surface area contributed by atoms with E-state index in [9.17, 15) is 9.59 Å². The van der Waals surface area contributed by atoms with Gasteiger partial charge in [-0.15, -0.1) is 0 Å². The predicted octanol–water partition coefficient (Wildman–Crippen LogP) is 2.16. The Morgan fingerprint density at radius 1 is 1.21 bits per heavy atom. The molecule has 0 aromatic heterocycles. The average Bonchev–Trinajstić information content (AvgIpc) is 2.38. The van der Waals surface area contributed by atoms with E-state index in [-0.39, 0.29) is 12.4 Å². The maximum atomic E-state index is 11.6. The molecular weight excluding hydrogens is 248 g/mol. The van der Waals surface area contributed by atoms with Crippen LogP contribution in [0, 0.1) is 0 Å². The van der Waals surface area contributed by atoms with Crippen molar-refractivity contribution in [2.75, 3.05) is 13.7 Å². The molecule has 0 fully saturated rings. The second-order valence-electron chi connectivity index (χ2n) is 3.60. The highest BCUT2D eigenvalue weighted by molar-refractivity contribution is 5.93. The quantitative estimate of drug-likeness (QED) is 0.463. The topological polar surface area (TPSA) is 61.8 Å². The molecule has 0 heterocycles. The second kappa shape index (κ2) is 7.20. The van der Waals surface area contributed by atoms with Crippen molar-refractivity contribution < 1.29 is 23.8 Å². The highest BCUT2D eigenvalue weighted by Crippen LogP contribution is 2.15. The second-order valence-corrected chi connectivity index (χ2v) is 3.60. The Labute approximate surface area is 111 Å². The molecular formula is C14H16O5. The van der Waals surface area contributed by atoms with Crippen molar-refractivity contribution in [1.82, 2.24) is 0 Å².